The highest BCUT2D eigenvalue weighted by Gasteiger charge is 2.31. The van der Waals surface area contributed by atoms with Gasteiger partial charge in [-0.1, -0.05) is 0 Å². The van der Waals surface area contributed by atoms with E-state index >= 15 is 0 Å². The molecule has 0 amide bonds. The number of rotatable bonds is 4. The second-order valence-corrected chi connectivity index (χ2v) is 6.00. The van der Waals surface area contributed by atoms with Crippen molar-refractivity contribution in [3.63, 3.8) is 0 Å². The Morgan fingerprint density at radius 1 is 1.58 bits per heavy atom. The summed E-state index contributed by atoms with van der Waals surface area (Å²) in [4.78, 5) is 26.7. The molecule has 1 unspecified atom stereocenters. The maximum absolute atomic E-state index is 11.4. The van der Waals surface area contributed by atoms with Crippen LogP contribution in [0, 0.1) is 10.1 Å². The number of Topliss-reactive ketones (excluding diaryl/α,β-unsaturated/α-hetero) is 1. The molecule has 2 heterocycles. The topological polar surface area (TPSA) is 66.7 Å². The number of hydrogen-bond acceptors (Lipinski definition) is 6. The van der Waals surface area contributed by atoms with Crippen LogP contribution < -0.4 is 4.90 Å². The van der Waals surface area contributed by atoms with E-state index in [0.717, 1.165) is 19.5 Å². The van der Waals surface area contributed by atoms with Gasteiger partial charge in [-0.3, -0.25) is 14.9 Å². The minimum atomic E-state index is -0.402. The second-order valence-electron chi connectivity index (χ2n) is 4.97. The van der Waals surface area contributed by atoms with Crippen molar-refractivity contribution in [3.8, 4) is 0 Å². The van der Waals surface area contributed by atoms with Gasteiger partial charge in [0.05, 0.1) is 9.80 Å². The summed E-state index contributed by atoms with van der Waals surface area (Å²) < 4.78 is 0. The molecule has 6 nitrogen and oxygen atoms in total. The molecule has 1 aromatic heterocycles. The Hall–Kier alpha value is -1.47. The van der Waals surface area contributed by atoms with Crippen LogP contribution in [0.3, 0.4) is 0 Å². The Labute approximate surface area is 115 Å². The first-order chi connectivity index (χ1) is 8.90. The molecular formula is C12H17N3O3S. The van der Waals surface area contributed by atoms with E-state index in [0.29, 0.717) is 15.9 Å². The summed E-state index contributed by atoms with van der Waals surface area (Å²) in [5.74, 6) is -0.122. The average molecular weight is 283 g/mol. The monoisotopic (exact) mass is 283 g/mol. The van der Waals surface area contributed by atoms with Crippen molar-refractivity contribution in [1.82, 2.24) is 4.90 Å². The molecule has 0 aliphatic carbocycles. The maximum atomic E-state index is 11.4. The molecule has 0 N–H and O–H groups in total. The Bertz CT molecular complexity index is 512. The number of carbonyl (C=O) groups excluding carboxylic acids is 1. The predicted molar refractivity (Wildman–Crippen MR) is 75.3 cm³/mol. The Morgan fingerprint density at radius 2 is 2.26 bits per heavy atom. The highest BCUT2D eigenvalue weighted by molar-refractivity contribution is 7.18. The molecule has 0 saturated carbocycles. The van der Waals surface area contributed by atoms with Crippen LogP contribution in [0.4, 0.5) is 10.7 Å². The summed E-state index contributed by atoms with van der Waals surface area (Å²) in [7, 11) is 4.02. The van der Waals surface area contributed by atoms with Gasteiger partial charge in [-0.25, -0.2) is 0 Å². The zero-order chi connectivity index (χ0) is 14.2. The molecule has 7 heteroatoms. The molecule has 1 aliphatic rings. The first kappa shape index (κ1) is 14.0. The molecule has 0 aromatic carbocycles. The van der Waals surface area contributed by atoms with Crippen LogP contribution in [0.25, 0.3) is 0 Å². The van der Waals surface area contributed by atoms with E-state index in [1.807, 2.05) is 19.0 Å². The lowest BCUT2D eigenvalue weighted by Crippen LogP contribution is -2.31. The van der Waals surface area contributed by atoms with Gasteiger partial charge in [-0.2, -0.15) is 0 Å². The number of thiophene rings is 1. The summed E-state index contributed by atoms with van der Waals surface area (Å²) >= 11 is 1.22. The normalized spacial score (nSPS) is 19.2. The van der Waals surface area contributed by atoms with Crippen LogP contribution in [-0.4, -0.2) is 48.8 Å². The number of nitrogens with zero attached hydrogens (tertiary/aromatic N) is 3. The SMILES string of the molecule is CC(=O)c1cc([N+](=O)[O-])c(N2CCC(N(C)C)C2)s1. The zero-order valence-corrected chi connectivity index (χ0v) is 12.1. The third-order valence-electron chi connectivity index (χ3n) is 3.42. The fourth-order valence-electron chi connectivity index (χ4n) is 2.25. The maximum Gasteiger partial charge on any atom is 0.304 e. The largest absolute Gasteiger partial charge is 0.356 e. The molecule has 1 atom stereocenters. The van der Waals surface area contributed by atoms with E-state index in [1.54, 1.807) is 0 Å². The molecule has 2 rings (SSSR count). The van der Waals surface area contributed by atoms with Crippen molar-refractivity contribution in [2.24, 2.45) is 0 Å². The van der Waals surface area contributed by atoms with Crippen LogP contribution in [-0.2, 0) is 0 Å². The van der Waals surface area contributed by atoms with E-state index in [4.69, 9.17) is 0 Å². The molecular weight excluding hydrogens is 266 g/mol. The third kappa shape index (κ3) is 2.76. The summed E-state index contributed by atoms with van der Waals surface area (Å²) in [6.45, 7) is 3.00. The van der Waals surface area contributed by atoms with Crippen LogP contribution >= 0.6 is 11.3 Å². The average Bonchev–Trinajstić information content (AvgIpc) is 2.95. The summed E-state index contributed by atoms with van der Waals surface area (Å²) in [5, 5.41) is 11.7. The summed E-state index contributed by atoms with van der Waals surface area (Å²) in [6, 6.07) is 1.80. The Morgan fingerprint density at radius 3 is 2.74 bits per heavy atom. The fourth-order valence-corrected chi connectivity index (χ4v) is 3.31. The van der Waals surface area contributed by atoms with Crippen molar-refractivity contribution in [1.29, 1.82) is 0 Å². The number of hydrogen-bond donors (Lipinski definition) is 0. The van der Waals surface area contributed by atoms with Crippen LogP contribution in [0.5, 0.6) is 0 Å². The standard InChI is InChI=1S/C12H17N3O3S/c1-8(16)11-6-10(15(17)18)12(19-11)14-5-4-9(7-14)13(2)3/h6,9H,4-5,7H2,1-3H3. The second kappa shape index (κ2) is 5.26. The fraction of sp³-hybridized carbons (Fsp3) is 0.583. The van der Waals surface area contributed by atoms with Gasteiger partial charge < -0.3 is 9.80 Å². The van der Waals surface area contributed by atoms with E-state index in [9.17, 15) is 14.9 Å². The Kier molecular flexibility index (Phi) is 3.86. The molecule has 1 saturated heterocycles. The molecule has 1 fully saturated rings. The number of carbonyl (C=O) groups is 1. The van der Waals surface area contributed by atoms with Gasteiger partial charge >= 0.3 is 5.69 Å². The van der Waals surface area contributed by atoms with Gasteiger partial charge in [0.2, 0.25) is 0 Å². The molecule has 1 aromatic rings. The van der Waals surface area contributed by atoms with Crippen LogP contribution in [0.2, 0.25) is 0 Å². The number of nitro groups is 1. The minimum Gasteiger partial charge on any atom is -0.356 e. The Balaban J connectivity index is 2.29. The van der Waals surface area contributed by atoms with Crippen molar-refractivity contribution in [3.05, 3.63) is 21.1 Å². The highest BCUT2D eigenvalue weighted by atomic mass is 32.1. The van der Waals surface area contributed by atoms with Crippen LogP contribution in [0.1, 0.15) is 23.0 Å². The molecule has 104 valence electrons. The first-order valence-corrected chi connectivity index (χ1v) is 6.92. The van der Waals surface area contributed by atoms with E-state index < -0.39 is 4.92 Å². The molecule has 0 spiro atoms. The lowest BCUT2D eigenvalue weighted by atomic mass is 10.2. The van der Waals surface area contributed by atoms with Crippen LogP contribution in [0.15, 0.2) is 6.07 Å². The van der Waals surface area contributed by atoms with Gasteiger partial charge in [0.15, 0.2) is 10.8 Å². The summed E-state index contributed by atoms with van der Waals surface area (Å²) in [6.07, 6.45) is 0.984. The molecule has 0 bridgehead atoms. The predicted octanol–water partition coefficient (Wildman–Crippen LogP) is 2.00. The molecule has 1 aliphatic heterocycles. The number of anilines is 1. The quantitative estimate of drug-likeness (QED) is 0.480. The smallest absolute Gasteiger partial charge is 0.304 e. The molecule has 19 heavy (non-hydrogen) atoms. The van der Waals surface area contributed by atoms with Crippen molar-refractivity contribution >= 4 is 27.8 Å². The van der Waals surface area contributed by atoms with E-state index in [1.165, 1.54) is 24.3 Å². The van der Waals surface area contributed by atoms with Gasteiger partial charge in [0.25, 0.3) is 0 Å². The third-order valence-corrected chi connectivity index (χ3v) is 4.70. The van der Waals surface area contributed by atoms with E-state index in [-0.39, 0.29) is 11.5 Å². The summed E-state index contributed by atoms with van der Waals surface area (Å²) in [5.41, 5.74) is 0.0506. The van der Waals surface area contributed by atoms with Crippen molar-refractivity contribution in [2.45, 2.75) is 19.4 Å². The lowest BCUT2D eigenvalue weighted by molar-refractivity contribution is -0.383. The molecule has 0 radical (unpaired) electrons. The van der Waals surface area contributed by atoms with Gasteiger partial charge in [-0.15, -0.1) is 11.3 Å². The highest BCUT2D eigenvalue weighted by Crippen LogP contribution is 2.39. The van der Waals surface area contributed by atoms with Gasteiger partial charge in [0.1, 0.15) is 0 Å². The number of likely N-dealkylation sites (N-methyl/N-ethyl adjacent to an activating group) is 1. The van der Waals surface area contributed by atoms with Gasteiger partial charge in [-0.05, 0) is 27.4 Å². The van der Waals surface area contributed by atoms with Crippen molar-refractivity contribution < 1.29 is 9.72 Å². The van der Waals surface area contributed by atoms with Gasteiger partial charge in [0, 0.05) is 25.2 Å². The minimum absolute atomic E-state index is 0.0506. The first-order valence-electron chi connectivity index (χ1n) is 6.10. The van der Waals surface area contributed by atoms with E-state index in [2.05, 4.69) is 4.90 Å². The lowest BCUT2D eigenvalue weighted by Gasteiger charge is -2.20. The van der Waals surface area contributed by atoms with Crippen molar-refractivity contribution in [2.75, 3.05) is 32.1 Å². The number of ketones is 1. The zero-order valence-electron chi connectivity index (χ0n) is 11.3.